The number of hydrogen-bond donors (Lipinski definition) is 3. The summed E-state index contributed by atoms with van der Waals surface area (Å²) in [6.07, 6.45) is 3.16. The monoisotopic (exact) mass is 463 g/mol. The SMILES string of the molecule is CC(C)(C)[C@H](N)C(=O)N1Cc2cc(C(=O)O)ccc2CC1C(=O)N[C@@H]1CCCc2ccccc21. The number of aryl methyl sites for hydroxylation is 1. The van der Waals surface area contributed by atoms with Crippen LogP contribution in [0.2, 0.25) is 0 Å². The van der Waals surface area contributed by atoms with Crippen molar-refractivity contribution in [2.24, 2.45) is 11.1 Å². The number of carboxylic acids is 1. The number of nitrogens with two attached hydrogens (primary N) is 1. The van der Waals surface area contributed by atoms with Gasteiger partial charge in [0.2, 0.25) is 11.8 Å². The maximum absolute atomic E-state index is 13.6. The molecule has 2 amide bonds. The van der Waals surface area contributed by atoms with Crippen LogP contribution in [0.15, 0.2) is 42.5 Å². The summed E-state index contributed by atoms with van der Waals surface area (Å²) in [6, 6.07) is 11.4. The summed E-state index contributed by atoms with van der Waals surface area (Å²) in [5.74, 6) is -1.53. The van der Waals surface area contributed by atoms with E-state index < -0.39 is 23.5 Å². The van der Waals surface area contributed by atoms with E-state index in [2.05, 4.69) is 17.4 Å². The van der Waals surface area contributed by atoms with Gasteiger partial charge in [-0.15, -0.1) is 0 Å². The smallest absolute Gasteiger partial charge is 0.335 e. The van der Waals surface area contributed by atoms with Crippen LogP contribution in [0.3, 0.4) is 0 Å². The fourth-order valence-corrected chi connectivity index (χ4v) is 4.90. The lowest BCUT2D eigenvalue weighted by molar-refractivity contribution is -0.145. The molecular weight excluding hydrogens is 430 g/mol. The van der Waals surface area contributed by atoms with Gasteiger partial charge in [0.1, 0.15) is 6.04 Å². The average Bonchev–Trinajstić information content (AvgIpc) is 2.81. The first-order valence-corrected chi connectivity index (χ1v) is 11.9. The first-order valence-electron chi connectivity index (χ1n) is 11.9. The van der Waals surface area contributed by atoms with Crippen molar-refractivity contribution < 1.29 is 19.5 Å². The zero-order chi connectivity index (χ0) is 24.6. The highest BCUT2D eigenvalue weighted by molar-refractivity contribution is 5.92. The predicted molar refractivity (Wildman–Crippen MR) is 129 cm³/mol. The molecular formula is C27H33N3O4. The maximum Gasteiger partial charge on any atom is 0.335 e. The van der Waals surface area contributed by atoms with Crippen LogP contribution in [0.1, 0.15) is 72.3 Å². The van der Waals surface area contributed by atoms with Gasteiger partial charge in [-0.3, -0.25) is 9.59 Å². The van der Waals surface area contributed by atoms with E-state index in [-0.39, 0.29) is 30.0 Å². The molecule has 1 aliphatic carbocycles. The van der Waals surface area contributed by atoms with Crippen LogP contribution in [0.25, 0.3) is 0 Å². The number of aromatic carboxylic acids is 1. The summed E-state index contributed by atoms with van der Waals surface area (Å²) in [5.41, 5.74) is 9.99. The van der Waals surface area contributed by atoms with Crippen molar-refractivity contribution in [3.05, 3.63) is 70.3 Å². The molecule has 0 fully saturated rings. The minimum Gasteiger partial charge on any atom is -0.478 e. The second-order valence-corrected chi connectivity index (χ2v) is 10.5. The number of carboxylic acid groups (broad SMARTS) is 1. The zero-order valence-corrected chi connectivity index (χ0v) is 20.0. The molecule has 4 N–H and O–H groups in total. The number of hydrogen-bond acceptors (Lipinski definition) is 4. The molecule has 2 aromatic carbocycles. The summed E-state index contributed by atoms with van der Waals surface area (Å²) >= 11 is 0. The standard InChI is InChI=1S/C27H33N3O4/c1-27(2,3)23(28)25(32)30-15-19-13-18(26(33)34)12-11-17(19)14-22(30)24(31)29-21-10-6-8-16-7-4-5-9-20(16)21/h4-5,7,9,11-13,21-23H,6,8,10,14-15,28H2,1-3H3,(H,29,31)(H,33,34)/t21-,22?,23-/m1/s1. The van der Waals surface area contributed by atoms with Crippen molar-refractivity contribution in [1.29, 1.82) is 0 Å². The fraction of sp³-hybridized carbons (Fsp3) is 0.444. The Balaban J connectivity index is 1.65. The molecule has 7 nitrogen and oxygen atoms in total. The van der Waals surface area contributed by atoms with Crippen LogP contribution in [-0.4, -0.2) is 39.9 Å². The van der Waals surface area contributed by atoms with Gasteiger partial charge in [-0.2, -0.15) is 0 Å². The summed E-state index contributed by atoms with van der Waals surface area (Å²) in [6.45, 7) is 5.83. The Bertz CT molecular complexity index is 1120. The van der Waals surface area contributed by atoms with Crippen LogP contribution in [0, 0.1) is 5.41 Å². The van der Waals surface area contributed by atoms with E-state index in [1.807, 2.05) is 32.9 Å². The fourth-order valence-electron chi connectivity index (χ4n) is 4.90. The Kier molecular flexibility index (Phi) is 6.49. The molecule has 180 valence electrons. The first-order chi connectivity index (χ1) is 16.1. The first kappa shape index (κ1) is 24.0. The van der Waals surface area contributed by atoms with E-state index in [0.717, 1.165) is 36.0 Å². The van der Waals surface area contributed by atoms with Gasteiger partial charge in [-0.1, -0.05) is 51.1 Å². The second kappa shape index (κ2) is 9.22. The van der Waals surface area contributed by atoms with Crippen molar-refractivity contribution in [3.63, 3.8) is 0 Å². The van der Waals surface area contributed by atoms with Crippen LogP contribution in [-0.2, 0) is 29.0 Å². The third-order valence-electron chi connectivity index (χ3n) is 7.05. The number of nitrogens with one attached hydrogen (secondary N) is 1. The Labute approximate surface area is 200 Å². The van der Waals surface area contributed by atoms with Crippen LogP contribution in [0.5, 0.6) is 0 Å². The Hall–Kier alpha value is -3.19. The van der Waals surface area contributed by atoms with E-state index in [4.69, 9.17) is 5.73 Å². The van der Waals surface area contributed by atoms with E-state index in [0.29, 0.717) is 6.42 Å². The number of carbonyl (C=O) groups excluding carboxylic acids is 2. The molecule has 0 saturated carbocycles. The molecule has 0 spiro atoms. The number of nitrogens with zero attached hydrogens (tertiary/aromatic N) is 1. The minimum absolute atomic E-state index is 0.0959. The summed E-state index contributed by atoms with van der Waals surface area (Å²) in [7, 11) is 0. The van der Waals surface area contributed by atoms with Gasteiger partial charge in [0.15, 0.2) is 0 Å². The van der Waals surface area contributed by atoms with E-state index in [9.17, 15) is 19.5 Å². The Morgan fingerprint density at radius 1 is 1.09 bits per heavy atom. The Morgan fingerprint density at radius 2 is 1.82 bits per heavy atom. The molecule has 34 heavy (non-hydrogen) atoms. The molecule has 1 aliphatic heterocycles. The number of benzene rings is 2. The topological polar surface area (TPSA) is 113 Å². The number of rotatable bonds is 4. The zero-order valence-electron chi connectivity index (χ0n) is 20.0. The minimum atomic E-state index is -1.03. The summed E-state index contributed by atoms with van der Waals surface area (Å²) in [5, 5.41) is 12.6. The van der Waals surface area contributed by atoms with Gasteiger partial charge in [-0.05, 0) is 59.1 Å². The lowest BCUT2D eigenvalue weighted by Gasteiger charge is -2.40. The molecule has 3 atom stereocenters. The lowest BCUT2D eigenvalue weighted by Crippen LogP contribution is -2.59. The molecule has 2 aliphatic rings. The Morgan fingerprint density at radius 3 is 2.53 bits per heavy atom. The van der Waals surface area contributed by atoms with Crippen LogP contribution in [0.4, 0.5) is 0 Å². The molecule has 1 heterocycles. The van der Waals surface area contributed by atoms with Gasteiger partial charge < -0.3 is 21.1 Å². The number of amides is 2. The second-order valence-electron chi connectivity index (χ2n) is 10.5. The molecule has 7 heteroatoms. The normalized spacial score (nSPS) is 20.6. The van der Waals surface area contributed by atoms with E-state index in [1.165, 1.54) is 10.5 Å². The van der Waals surface area contributed by atoms with E-state index >= 15 is 0 Å². The molecule has 1 unspecified atom stereocenters. The highest BCUT2D eigenvalue weighted by Gasteiger charge is 2.40. The molecule has 4 rings (SSSR count). The predicted octanol–water partition coefficient (Wildman–Crippen LogP) is 3.21. The quantitative estimate of drug-likeness (QED) is 0.645. The maximum atomic E-state index is 13.6. The molecule has 2 aromatic rings. The van der Waals surface area contributed by atoms with Crippen molar-refractivity contribution in [1.82, 2.24) is 10.2 Å². The summed E-state index contributed by atoms with van der Waals surface area (Å²) in [4.78, 5) is 40.1. The van der Waals surface area contributed by atoms with Crippen molar-refractivity contribution in [3.8, 4) is 0 Å². The third kappa shape index (κ3) is 4.71. The van der Waals surface area contributed by atoms with Crippen molar-refractivity contribution in [2.45, 2.75) is 71.1 Å². The number of carbonyl (C=O) groups is 3. The van der Waals surface area contributed by atoms with Crippen molar-refractivity contribution in [2.75, 3.05) is 0 Å². The van der Waals surface area contributed by atoms with Crippen LogP contribution >= 0.6 is 0 Å². The van der Waals surface area contributed by atoms with Gasteiger partial charge in [-0.25, -0.2) is 4.79 Å². The third-order valence-corrected chi connectivity index (χ3v) is 7.05. The van der Waals surface area contributed by atoms with Crippen molar-refractivity contribution >= 4 is 17.8 Å². The van der Waals surface area contributed by atoms with Gasteiger partial charge in [0, 0.05) is 13.0 Å². The highest BCUT2D eigenvalue weighted by atomic mass is 16.4. The average molecular weight is 464 g/mol. The highest BCUT2D eigenvalue weighted by Crippen LogP contribution is 2.32. The number of fused-ring (bicyclic) bond motifs is 2. The largest absolute Gasteiger partial charge is 0.478 e. The molecule has 0 saturated heterocycles. The van der Waals surface area contributed by atoms with Gasteiger partial charge >= 0.3 is 5.97 Å². The molecule has 0 aromatic heterocycles. The molecule has 0 bridgehead atoms. The summed E-state index contributed by atoms with van der Waals surface area (Å²) < 4.78 is 0. The van der Waals surface area contributed by atoms with Gasteiger partial charge in [0.05, 0.1) is 17.6 Å². The van der Waals surface area contributed by atoms with E-state index in [1.54, 1.807) is 18.2 Å². The molecule has 0 radical (unpaired) electrons. The lowest BCUT2D eigenvalue weighted by atomic mass is 9.84. The van der Waals surface area contributed by atoms with Crippen LogP contribution < -0.4 is 11.1 Å². The van der Waals surface area contributed by atoms with Gasteiger partial charge in [0.25, 0.3) is 0 Å².